The summed E-state index contributed by atoms with van der Waals surface area (Å²) in [6.07, 6.45) is 11.6. The van der Waals surface area contributed by atoms with Gasteiger partial charge in [0.25, 0.3) is 0 Å². The average molecular weight is 175 g/mol. The summed E-state index contributed by atoms with van der Waals surface area (Å²) in [5.74, 6) is 0. The number of nitrogens with zero attached hydrogens (tertiary/aromatic N) is 1. The van der Waals surface area contributed by atoms with Crippen molar-refractivity contribution >= 4 is 6.21 Å². The summed E-state index contributed by atoms with van der Waals surface area (Å²) in [5.41, 5.74) is 3.15. The van der Waals surface area contributed by atoms with E-state index in [1.807, 2.05) is 6.21 Å². The lowest BCUT2D eigenvalue weighted by molar-refractivity contribution is 0.646. The van der Waals surface area contributed by atoms with Crippen molar-refractivity contribution in [3.05, 3.63) is 23.4 Å². The van der Waals surface area contributed by atoms with Gasteiger partial charge in [-0.2, -0.15) is 0 Å². The van der Waals surface area contributed by atoms with Crippen LogP contribution in [-0.2, 0) is 0 Å². The van der Waals surface area contributed by atoms with E-state index in [-0.39, 0.29) is 5.41 Å². The number of allylic oxidation sites excluding steroid dienone is 3. The van der Waals surface area contributed by atoms with E-state index >= 15 is 0 Å². The molecule has 1 fully saturated rings. The Hall–Kier alpha value is -0.850. The molecule has 0 spiro atoms. The third-order valence-electron chi connectivity index (χ3n) is 2.74. The van der Waals surface area contributed by atoms with E-state index in [4.69, 9.17) is 0 Å². The highest BCUT2D eigenvalue weighted by Gasteiger charge is 2.19. The summed E-state index contributed by atoms with van der Waals surface area (Å²) in [6, 6.07) is 0. The van der Waals surface area contributed by atoms with Crippen molar-refractivity contribution in [2.75, 3.05) is 0 Å². The second kappa shape index (κ2) is 3.13. The van der Waals surface area contributed by atoms with Gasteiger partial charge in [0.15, 0.2) is 0 Å². The quantitative estimate of drug-likeness (QED) is 0.534. The Bertz CT molecular complexity index is 292. The van der Waals surface area contributed by atoms with E-state index < -0.39 is 0 Å². The van der Waals surface area contributed by atoms with Crippen molar-refractivity contribution in [3.63, 3.8) is 0 Å². The molecule has 1 saturated carbocycles. The summed E-state index contributed by atoms with van der Waals surface area (Å²) in [7, 11) is 0. The number of aliphatic imine (C=N–C) groups is 1. The van der Waals surface area contributed by atoms with Crippen LogP contribution in [0.25, 0.3) is 0 Å². The highest BCUT2D eigenvalue weighted by molar-refractivity contribution is 5.70. The van der Waals surface area contributed by atoms with Gasteiger partial charge in [0.05, 0.1) is 0 Å². The van der Waals surface area contributed by atoms with Crippen LogP contribution in [0.3, 0.4) is 0 Å². The van der Waals surface area contributed by atoms with Gasteiger partial charge in [-0.1, -0.05) is 19.9 Å². The molecular formula is C12H17N. The Kier molecular flexibility index (Phi) is 2.10. The van der Waals surface area contributed by atoms with Crippen LogP contribution in [0, 0.1) is 5.41 Å². The molecule has 0 N–H and O–H groups in total. The van der Waals surface area contributed by atoms with Crippen molar-refractivity contribution in [1.29, 1.82) is 0 Å². The van der Waals surface area contributed by atoms with Crippen LogP contribution in [0.5, 0.6) is 0 Å². The monoisotopic (exact) mass is 175 g/mol. The lowest BCUT2D eigenvalue weighted by Crippen LogP contribution is -2.10. The Balaban J connectivity index is 2.34. The maximum absolute atomic E-state index is 4.37. The first-order chi connectivity index (χ1) is 6.17. The van der Waals surface area contributed by atoms with Crippen LogP contribution < -0.4 is 0 Å². The summed E-state index contributed by atoms with van der Waals surface area (Å²) in [5, 5.41) is 0. The van der Waals surface area contributed by atoms with Crippen molar-refractivity contribution in [2.45, 2.75) is 39.5 Å². The molecule has 0 aromatic heterocycles. The SMILES string of the molecule is CC1(C)C=NC=C2CCCCC2=C1. The van der Waals surface area contributed by atoms with Gasteiger partial charge < -0.3 is 0 Å². The second-order valence-corrected chi connectivity index (χ2v) is 4.63. The van der Waals surface area contributed by atoms with Crippen LogP contribution in [-0.4, -0.2) is 6.21 Å². The maximum Gasteiger partial charge on any atom is 0.0298 e. The van der Waals surface area contributed by atoms with Crippen molar-refractivity contribution in [1.82, 2.24) is 0 Å². The van der Waals surface area contributed by atoms with Gasteiger partial charge in [-0.15, -0.1) is 0 Å². The van der Waals surface area contributed by atoms with E-state index in [1.165, 1.54) is 36.8 Å². The zero-order valence-corrected chi connectivity index (χ0v) is 8.51. The first-order valence-electron chi connectivity index (χ1n) is 5.13. The highest BCUT2D eigenvalue weighted by Crippen LogP contribution is 2.33. The summed E-state index contributed by atoms with van der Waals surface area (Å²) in [4.78, 5) is 4.37. The van der Waals surface area contributed by atoms with E-state index in [0.717, 1.165) is 0 Å². The summed E-state index contributed by atoms with van der Waals surface area (Å²) in [6.45, 7) is 4.43. The van der Waals surface area contributed by atoms with Gasteiger partial charge in [-0.25, -0.2) is 0 Å². The molecule has 0 amide bonds. The molecule has 0 aromatic carbocycles. The van der Waals surface area contributed by atoms with Gasteiger partial charge in [-0.3, -0.25) is 4.99 Å². The number of hydrogen-bond donors (Lipinski definition) is 0. The Labute approximate surface area is 80.3 Å². The first kappa shape index (κ1) is 8.74. The lowest BCUT2D eigenvalue weighted by Gasteiger charge is -2.20. The smallest absolute Gasteiger partial charge is 0.0298 e. The highest BCUT2D eigenvalue weighted by atomic mass is 14.7. The third-order valence-corrected chi connectivity index (χ3v) is 2.74. The molecule has 1 aliphatic carbocycles. The van der Waals surface area contributed by atoms with E-state index in [0.29, 0.717) is 0 Å². The first-order valence-corrected chi connectivity index (χ1v) is 5.13. The summed E-state index contributed by atoms with van der Waals surface area (Å²) >= 11 is 0. The summed E-state index contributed by atoms with van der Waals surface area (Å²) < 4.78 is 0. The zero-order chi connectivity index (χ0) is 9.31. The van der Waals surface area contributed by atoms with E-state index in [1.54, 1.807) is 0 Å². The van der Waals surface area contributed by atoms with Crippen molar-refractivity contribution in [3.8, 4) is 0 Å². The topological polar surface area (TPSA) is 12.4 Å². The molecule has 1 nitrogen and oxygen atoms in total. The largest absolute Gasteiger partial charge is 0.268 e. The lowest BCUT2D eigenvalue weighted by atomic mass is 9.84. The van der Waals surface area contributed by atoms with Gasteiger partial charge >= 0.3 is 0 Å². The van der Waals surface area contributed by atoms with Gasteiger partial charge in [0.1, 0.15) is 0 Å². The zero-order valence-electron chi connectivity index (χ0n) is 8.51. The van der Waals surface area contributed by atoms with Crippen LogP contribution in [0.1, 0.15) is 39.5 Å². The van der Waals surface area contributed by atoms with Crippen molar-refractivity contribution in [2.24, 2.45) is 10.4 Å². The third kappa shape index (κ3) is 1.90. The molecule has 70 valence electrons. The van der Waals surface area contributed by atoms with E-state index in [9.17, 15) is 0 Å². The number of hydrogen-bond acceptors (Lipinski definition) is 1. The molecule has 2 rings (SSSR count). The standard InChI is InChI=1S/C12H17N/c1-12(2)7-10-5-3-4-6-11(10)8-13-9-12/h7-9H,3-6H2,1-2H3. The molecule has 1 aliphatic heterocycles. The molecule has 0 bridgehead atoms. The predicted molar refractivity (Wildman–Crippen MR) is 56.9 cm³/mol. The molecule has 0 saturated heterocycles. The fourth-order valence-corrected chi connectivity index (χ4v) is 2.07. The molecular weight excluding hydrogens is 158 g/mol. The van der Waals surface area contributed by atoms with Gasteiger partial charge in [0.2, 0.25) is 0 Å². The number of fused-ring (bicyclic) bond motifs is 1. The second-order valence-electron chi connectivity index (χ2n) is 4.63. The molecule has 1 heterocycles. The molecule has 0 radical (unpaired) electrons. The fraction of sp³-hybridized carbons (Fsp3) is 0.583. The van der Waals surface area contributed by atoms with Crippen LogP contribution in [0.2, 0.25) is 0 Å². The number of rotatable bonds is 0. The molecule has 1 heteroatoms. The Morgan fingerprint density at radius 3 is 2.62 bits per heavy atom. The van der Waals surface area contributed by atoms with Crippen LogP contribution in [0.4, 0.5) is 0 Å². The minimum absolute atomic E-state index is 0.144. The van der Waals surface area contributed by atoms with E-state index in [2.05, 4.69) is 31.1 Å². The minimum atomic E-state index is 0.144. The Morgan fingerprint density at radius 1 is 1.15 bits per heavy atom. The van der Waals surface area contributed by atoms with Crippen LogP contribution >= 0.6 is 0 Å². The van der Waals surface area contributed by atoms with Crippen molar-refractivity contribution < 1.29 is 0 Å². The normalized spacial score (nSPS) is 25.7. The molecule has 0 aromatic rings. The fourth-order valence-electron chi connectivity index (χ4n) is 2.07. The molecule has 13 heavy (non-hydrogen) atoms. The molecule has 0 atom stereocenters. The molecule has 2 aliphatic rings. The Morgan fingerprint density at radius 2 is 1.85 bits per heavy atom. The molecule has 0 unspecified atom stereocenters. The predicted octanol–water partition coefficient (Wildman–Crippen LogP) is 3.48. The maximum atomic E-state index is 4.37. The van der Waals surface area contributed by atoms with Gasteiger partial charge in [0, 0.05) is 17.8 Å². The minimum Gasteiger partial charge on any atom is -0.268 e. The van der Waals surface area contributed by atoms with Crippen LogP contribution in [0.15, 0.2) is 28.4 Å². The van der Waals surface area contributed by atoms with Gasteiger partial charge in [-0.05, 0) is 36.8 Å². The average Bonchev–Trinajstić information content (AvgIpc) is 2.21.